The van der Waals surface area contributed by atoms with E-state index in [9.17, 15) is 13.6 Å². The Morgan fingerprint density at radius 1 is 1.21 bits per heavy atom. The first kappa shape index (κ1) is 20.1. The molecule has 0 saturated carbocycles. The van der Waals surface area contributed by atoms with E-state index in [1.807, 2.05) is 13.8 Å². The smallest absolute Gasteiger partial charge is 0.185 e. The fourth-order valence-electron chi connectivity index (χ4n) is 3.14. The number of amidine groups is 1. The molecule has 0 saturated heterocycles. The molecule has 2 heterocycles. The van der Waals surface area contributed by atoms with Crippen LogP contribution in [0.4, 0.5) is 8.78 Å². The second-order valence-electron chi connectivity index (χ2n) is 7.66. The number of halogens is 2. The summed E-state index contributed by atoms with van der Waals surface area (Å²) in [5, 5.41) is 0. The molecular weight excluding hydrogens is 364 g/mol. The van der Waals surface area contributed by atoms with Crippen molar-refractivity contribution in [3.63, 3.8) is 0 Å². The van der Waals surface area contributed by atoms with Crippen molar-refractivity contribution < 1.29 is 18.3 Å². The van der Waals surface area contributed by atoms with E-state index in [1.165, 1.54) is 18.2 Å². The highest BCUT2D eigenvalue weighted by atomic mass is 19.1. The van der Waals surface area contributed by atoms with Crippen molar-refractivity contribution in [1.82, 2.24) is 4.98 Å². The predicted molar refractivity (Wildman–Crippen MR) is 102 cm³/mol. The summed E-state index contributed by atoms with van der Waals surface area (Å²) in [7, 11) is 0. The van der Waals surface area contributed by atoms with Gasteiger partial charge in [-0.3, -0.25) is 14.8 Å². The van der Waals surface area contributed by atoms with Crippen LogP contribution in [-0.4, -0.2) is 28.8 Å². The maximum absolute atomic E-state index is 14.7. The number of aliphatic imine (C=N–C) groups is 1. The Balaban J connectivity index is 1.92. The lowest BCUT2D eigenvalue weighted by Crippen LogP contribution is -2.40. The molecule has 0 unspecified atom stereocenters. The van der Waals surface area contributed by atoms with Crippen LogP contribution in [0.15, 0.2) is 41.5 Å². The van der Waals surface area contributed by atoms with Gasteiger partial charge in [-0.05, 0) is 50.6 Å². The molecule has 148 valence electrons. The van der Waals surface area contributed by atoms with Crippen LogP contribution >= 0.6 is 0 Å². The largest absolute Gasteiger partial charge is 0.385 e. The number of carbonyl (C=O) groups excluding carboxylic acids is 1. The summed E-state index contributed by atoms with van der Waals surface area (Å²) in [5.41, 5.74) is 5.59. The fourth-order valence-corrected chi connectivity index (χ4v) is 3.14. The lowest BCUT2D eigenvalue weighted by molar-refractivity contribution is 0.0319. The van der Waals surface area contributed by atoms with Gasteiger partial charge in [-0.1, -0.05) is 6.07 Å². The zero-order chi connectivity index (χ0) is 20.5. The molecule has 1 aromatic heterocycles. The molecule has 2 aromatic rings. The molecule has 0 radical (unpaired) electrons. The Labute approximate surface area is 162 Å². The van der Waals surface area contributed by atoms with Crippen molar-refractivity contribution in [2.24, 2.45) is 10.7 Å². The summed E-state index contributed by atoms with van der Waals surface area (Å²) in [4.78, 5) is 20.8. The first-order chi connectivity index (χ1) is 13.1. The van der Waals surface area contributed by atoms with Crippen LogP contribution in [0.2, 0.25) is 0 Å². The normalized spacial score (nSPS) is 21.7. The average Bonchev–Trinajstić information content (AvgIpc) is 2.73. The van der Waals surface area contributed by atoms with Gasteiger partial charge in [0, 0.05) is 18.4 Å². The summed E-state index contributed by atoms with van der Waals surface area (Å²) in [6, 6.07) is 7.02. The van der Waals surface area contributed by atoms with Crippen molar-refractivity contribution in [3.8, 4) is 0 Å². The van der Waals surface area contributed by atoms with Gasteiger partial charge in [0.15, 0.2) is 5.78 Å². The average molecular weight is 387 g/mol. The van der Waals surface area contributed by atoms with Gasteiger partial charge in [-0.2, -0.15) is 0 Å². The second kappa shape index (κ2) is 7.39. The van der Waals surface area contributed by atoms with Crippen LogP contribution in [0.1, 0.15) is 48.8 Å². The molecule has 2 N–H and O–H groups in total. The summed E-state index contributed by atoms with van der Waals surface area (Å²) in [6.45, 7) is 5.81. The summed E-state index contributed by atoms with van der Waals surface area (Å²) in [5.74, 6) is -0.919. The van der Waals surface area contributed by atoms with Crippen molar-refractivity contribution in [2.45, 2.75) is 44.8 Å². The number of ketones is 1. The van der Waals surface area contributed by atoms with Crippen LogP contribution in [0.5, 0.6) is 0 Å². The Bertz CT molecular complexity index is 926. The number of pyridine rings is 1. The van der Waals surface area contributed by atoms with E-state index < -0.39 is 22.8 Å². The third kappa shape index (κ3) is 4.09. The fraction of sp³-hybridized carbons (Fsp3) is 0.381. The van der Waals surface area contributed by atoms with Crippen molar-refractivity contribution >= 4 is 11.6 Å². The highest BCUT2D eigenvalue weighted by Crippen LogP contribution is 2.35. The molecule has 7 heteroatoms. The first-order valence-electron chi connectivity index (χ1n) is 9.04. The van der Waals surface area contributed by atoms with E-state index >= 15 is 0 Å². The number of Topliss-reactive ketones (excluding diaryl/α,β-unsaturated/α-hetero) is 1. The standard InChI is InChI=1S/C21H23F2N3O2/c1-20(2)19(24)26-21(3,8-9-28-20)15-10-13(4-6-16(15)23)11-18(27)17-7-5-14(22)12-25-17/h4-7,10,12H,8-9,11H2,1-3H3,(H2,24,26)/t21-/m0/s1. The topological polar surface area (TPSA) is 77.6 Å². The number of hydrogen-bond donors (Lipinski definition) is 1. The third-order valence-corrected chi connectivity index (χ3v) is 5.02. The van der Waals surface area contributed by atoms with Gasteiger partial charge in [-0.15, -0.1) is 0 Å². The molecule has 0 aliphatic carbocycles. The van der Waals surface area contributed by atoms with Crippen LogP contribution < -0.4 is 5.73 Å². The molecule has 1 aliphatic heterocycles. The van der Waals surface area contributed by atoms with Crippen LogP contribution in [0.3, 0.4) is 0 Å². The highest BCUT2D eigenvalue weighted by Gasteiger charge is 2.36. The van der Waals surface area contributed by atoms with Gasteiger partial charge in [0.25, 0.3) is 0 Å². The Morgan fingerprint density at radius 2 is 1.96 bits per heavy atom. The van der Waals surface area contributed by atoms with Gasteiger partial charge in [0.05, 0.1) is 18.3 Å². The first-order valence-corrected chi connectivity index (χ1v) is 9.04. The summed E-state index contributed by atoms with van der Waals surface area (Å²) < 4.78 is 33.4. The van der Waals surface area contributed by atoms with E-state index in [-0.39, 0.29) is 17.9 Å². The predicted octanol–water partition coefficient (Wildman–Crippen LogP) is 3.56. The van der Waals surface area contributed by atoms with Crippen molar-refractivity contribution in [1.29, 1.82) is 0 Å². The van der Waals surface area contributed by atoms with Crippen LogP contribution in [0.25, 0.3) is 0 Å². The van der Waals surface area contributed by atoms with Crippen molar-refractivity contribution in [2.75, 3.05) is 6.61 Å². The number of nitrogens with two attached hydrogens (primary N) is 1. The van der Waals surface area contributed by atoms with Crippen molar-refractivity contribution in [3.05, 3.63) is 65.0 Å². The molecule has 0 bridgehead atoms. The van der Waals surface area contributed by atoms with E-state index in [4.69, 9.17) is 10.5 Å². The molecule has 0 spiro atoms. The molecular formula is C21H23F2N3O2. The lowest BCUT2D eigenvalue weighted by atomic mass is 9.87. The Morgan fingerprint density at radius 3 is 2.64 bits per heavy atom. The van der Waals surface area contributed by atoms with Crippen LogP contribution in [0, 0.1) is 11.6 Å². The van der Waals surface area contributed by atoms with E-state index in [0.717, 1.165) is 6.20 Å². The molecule has 1 aliphatic rings. The monoisotopic (exact) mass is 387 g/mol. The maximum atomic E-state index is 14.7. The number of ether oxygens (including phenoxy) is 1. The number of aromatic nitrogens is 1. The van der Waals surface area contributed by atoms with Gasteiger partial charge >= 0.3 is 0 Å². The summed E-state index contributed by atoms with van der Waals surface area (Å²) in [6.07, 6.45) is 1.46. The number of benzene rings is 1. The SMILES string of the molecule is CC1(C)OCC[C@@](C)(c2cc(CC(=O)c3ccc(F)cn3)ccc2F)N=C1N. The van der Waals surface area contributed by atoms with Crippen LogP contribution in [-0.2, 0) is 16.7 Å². The van der Waals surface area contributed by atoms with Gasteiger partial charge in [0.1, 0.15) is 28.8 Å². The van der Waals surface area contributed by atoms with E-state index in [1.54, 1.807) is 19.1 Å². The molecule has 0 amide bonds. The zero-order valence-corrected chi connectivity index (χ0v) is 16.1. The highest BCUT2D eigenvalue weighted by molar-refractivity contribution is 5.95. The quantitative estimate of drug-likeness (QED) is 0.814. The second-order valence-corrected chi connectivity index (χ2v) is 7.66. The molecule has 1 aromatic carbocycles. The summed E-state index contributed by atoms with van der Waals surface area (Å²) >= 11 is 0. The molecule has 0 fully saturated rings. The minimum Gasteiger partial charge on any atom is -0.385 e. The Kier molecular flexibility index (Phi) is 5.30. The molecule has 3 rings (SSSR count). The number of rotatable bonds is 4. The Hall–Kier alpha value is -2.67. The van der Waals surface area contributed by atoms with Gasteiger partial charge in [0.2, 0.25) is 0 Å². The number of hydrogen-bond acceptors (Lipinski definition) is 5. The maximum Gasteiger partial charge on any atom is 0.185 e. The minimum absolute atomic E-state index is 0.0170. The minimum atomic E-state index is -0.908. The number of nitrogens with zero attached hydrogens (tertiary/aromatic N) is 2. The van der Waals surface area contributed by atoms with E-state index in [0.29, 0.717) is 30.0 Å². The third-order valence-electron chi connectivity index (χ3n) is 5.02. The zero-order valence-electron chi connectivity index (χ0n) is 16.1. The van der Waals surface area contributed by atoms with Gasteiger partial charge < -0.3 is 10.5 Å². The van der Waals surface area contributed by atoms with E-state index in [2.05, 4.69) is 9.98 Å². The van der Waals surface area contributed by atoms with Gasteiger partial charge in [-0.25, -0.2) is 8.78 Å². The molecule has 5 nitrogen and oxygen atoms in total. The lowest BCUT2D eigenvalue weighted by Gasteiger charge is -2.26. The molecule has 28 heavy (non-hydrogen) atoms. The number of carbonyl (C=O) groups is 1. The molecule has 1 atom stereocenters.